The van der Waals surface area contributed by atoms with E-state index in [1.807, 2.05) is 0 Å². The Morgan fingerprint density at radius 1 is 0.786 bits per heavy atom. The Kier molecular flexibility index (Phi) is 15.9. The van der Waals surface area contributed by atoms with Crippen LogP contribution in [0.4, 0.5) is 0 Å². The van der Waals surface area contributed by atoms with Crippen molar-refractivity contribution in [2.45, 2.75) is 75.5 Å². The van der Waals surface area contributed by atoms with Crippen LogP contribution in [-0.4, -0.2) is 83.0 Å². The normalized spacial score (nSPS) is 13.6. The SMILES string of the molecule is NCCCCC(NC(=O)C(Cc1ccc(O)cc1)NC(=O)C(CCCN=C(N)N)NC(=O)C(N)CCC(N)=O)C(=O)O. The van der Waals surface area contributed by atoms with Crippen molar-refractivity contribution in [3.63, 3.8) is 0 Å². The van der Waals surface area contributed by atoms with Gasteiger partial charge in [0.05, 0.1) is 6.04 Å². The van der Waals surface area contributed by atoms with Crippen LogP contribution in [0.2, 0.25) is 0 Å². The lowest BCUT2D eigenvalue weighted by Gasteiger charge is -2.25. The molecule has 0 aliphatic carbocycles. The van der Waals surface area contributed by atoms with Crippen molar-refractivity contribution >= 4 is 35.6 Å². The number of nitrogens with two attached hydrogens (primary N) is 5. The van der Waals surface area contributed by atoms with Crippen LogP contribution in [0, 0.1) is 0 Å². The predicted octanol–water partition coefficient (Wildman–Crippen LogP) is -2.75. The molecule has 0 aromatic heterocycles. The molecule has 16 nitrogen and oxygen atoms in total. The minimum atomic E-state index is -1.25. The number of benzene rings is 1. The van der Waals surface area contributed by atoms with Gasteiger partial charge in [-0.2, -0.15) is 0 Å². The van der Waals surface area contributed by atoms with E-state index in [0.29, 0.717) is 24.9 Å². The number of aromatic hydroxyl groups is 1. The number of guanidine groups is 1. The van der Waals surface area contributed by atoms with Crippen molar-refractivity contribution < 1.29 is 34.2 Å². The van der Waals surface area contributed by atoms with Crippen molar-refractivity contribution in [2.75, 3.05) is 13.1 Å². The lowest BCUT2D eigenvalue weighted by atomic mass is 10.0. The van der Waals surface area contributed by atoms with Crippen LogP contribution in [0.15, 0.2) is 29.3 Å². The molecule has 4 amide bonds. The van der Waals surface area contributed by atoms with E-state index < -0.39 is 53.8 Å². The van der Waals surface area contributed by atoms with E-state index in [9.17, 15) is 34.2 Å². The highest BCUT2D eigenvalue weighted by Crippen LogP contribution is 2.13. The van der Waals surface area contributed by atoms with Gasteiger partial charge in [0.25, 0.3) is 0 Å². The van der Waals surface area contributed by atoms with E-state index >= 15 is 0 Å². The smallest absolute Gasteiger partial charge is 0.326 e. The molecule has 1 rings (SSSR count). The fourth-order valence-electron chi connectivity index (χ4n) is 3.85. The molecule has 4 unspecified atom stereocenters. The quantitative estimate of drug-likeness (QED) is 0.0419. The third-order valence-electron chi connectivity index (χ3n) is 6.19. The number of aliphatic imine (C=N–C) groups is 1. The number of carboxylic acids is 1. The first-order valence-corrected chi connectivity index (χ1v) is 13.5. The van der Waals surface area contributed by atoms with Crippen molar-refractivity contribution in [2.24, 2.45) is 33.7 Å². The molecule has 1 aromatic carbocycles. The molecule has 42 heavy (non-hydrogen) atoms. The summed E-state index contributed by atoms with van der Waals surface area (Å²) >= 11 is 0. The fourth-order valence-corrected chi connectivity index (χ4v) is 3.85. The number of nitrogens with one attached hydrogen (secondary N) is 3. The number of hydrogen-bond donors (Lipinski definition) is 10. The van der Waals surface area contributed by atoms with Crippen LogP contribution >= 0.6 is 0 Å². The molecule has 234 valence electrons. The fraction of sp³-hybridized carbons (Fsp3) is 0.538. The third-order valence-corrected chi connectivity index (χ3v) is 6.19. The van der Waals surface area contributed by atoms with E-state index in [2.05, 4.69) is 20.9 Å². The van der Waals surface area contributed by atoms with Crippen LogP contribution in [0.3, 0.4) is 0 Å². The van der Waals surface area contributed by atoms with Crippen LogP contribution in [0.25, 0.3) is 0 Å². The van der Waals surface area contributed by atoms with E-state index in [4.69, 9.17) is 28.7 Å². The van der Waals surface area contributed by atoms with Crippen molar-refractivity contribution in [1.29, 1.82) is 0 Å². The lowest BCUT2D eigenvalue weighted by molar-refractivity contribution is -0.142. The predicted molar refractivity (Wildman–Crippen MR) is 154 cm³/mol. The number of carbonyl (C=O) groups is 5. The van der Waals surface area contributed by atoms with Gasteiger partial charge in [-0.3, -0.25) is 24.2 Å². The first-order chi connectivity index (χ1) is 19.8. The first-order valence-electron chi connectivity index (χ1n) is 13.5. The number of amides is 4. The molecule has 0 saturated carbocycles. The summed E-state index contributed by atoms with van der Waals surface area (Å²) in [5, 5.41) is 26.8. The highest BCUT2D eigenvalue weighted by molar-refractivity contribution is 5.94. The van der Waals surface area contributed by atoms with E-state index in [1.165, 1.54) is 12.1 Å². The highest BCUT2D eigenvalue weighted by atomic mass is 16.4. The van der Waals surface area contributed by atoms with Gasteiger partial charge in [-0.15, -0.1) is 0 Å². The van der Waals surface area contributed by atoms with E-state index in [-0.39, 0.29) is 56.8 Å². The molecule has 16 heteroatoms. The maximum absolute atomic E-state index is 13.4. The largest absolute Gasteiger partial charge is 0.508 e. The summed E-state index contributed by atoms with van der Waals surface area (Å²) < 4.78 is 0. The monoisotopic (exact) mass is 593 g/mol. The molecule has 4 atom stereocenters. The Morgan fingerprint density at radius 3 is 1.93 bits per heavy atom. The zero-order chi connectivity index (χ0) is 31.7. The van der Waals surface area contributed by atoms with Gasteiger partial charge in [-0.1, -0.05) is 12.1 Å². The first kappa shape index (κ1) is 35.6. The van der Waals surface area contributed by atoms with Gasteiger partial charge in [0.2, 0.25) is 23.6 Å². The number of aliphatic carboxylic acids is 1. The third kappa shape index (κ3) is 14.3. The highest BCUT2D eigenvalue weighted by Gasteiger charge is 2.30. The number of carbonyl (C=O) groups excluding carboxylic acids is 4. The maximum Gasteiger partial charge on any atom is 0.326 e. The summed E-state index contributed by atoms with van der Waals surface area (Å²) in [5.41, 5.74) is 27.7. The Bertz CT molecular complexity index is 1080. The second-order valence-corrected chi connectivity index (χ2v) is 9.74. The summed E-state index contributed by atoms with van der Waals surface area (Å²) in [6.07, 6.45) is 1.24. The number of nitrogens with zero attached hydrogens (tertiary/aromatic N) is 1. The summed E-state index contributed by atoms with van der Waals surface area (Å²) in [6, 6.07) is 1.11. The number of carboxylic acid groups (broad SMARTS) is 1. The Morgan fingerprint density at radius 2 is 1.36 bits per heavy atom. The van der Waals surface area contributed by atoms with Crippen LogP contribution in [0.1, 0.15) is 50.5 Å². The number of hydrogen-bond acceptors (Lipinski definition) is 9. The zero-order valence-corrected chi connectivity index (χ0v) is 23.5. The molecule has 0 aliphatic rings. The summed E-state index contributed by atoms with van der Waals surface area (Å²) in [6.45, 7) is 0.512. The number of phenolic OH excluding ortho intramolecular Hbond substituents is 1. The molecule has 0 radical (unpaired) electrons. The van der Waals surface area contributed by atoms with E-state index in [0.717, 1.165) is 0 Å². The number of rotatable bonds is 20. The molecule has 0 saturated heterocycles. The Balaban J connectivity index is 3.17. The van der Waals surface area contributed by atoms with Gasteiger partial charge in [0.15, 0.2) is 5.96 Å². The number of primary amides is 1. The van der Waals surface area contributed by atoms with Gasteiger partial charge in [0, 0.05) is 19.4 Å². The van der Waals surface area contributed by atoms with Crippen LogP contribution in [-0.2, 0) is 30.4 Å². The Labute approximate surface area is 243 Å². The summed E-state index contributed by atoms with van der Waals surface area (Å²) in [7, 11) is 0. The standard InChI is InChI=1S/C26H43N9O7/c27-12-2-1-4-19(25(41)42)34-24(40)20(14-15-6-8-16(36)9-7-15)35-23(39)18(5-3-13-32-26(30)31)33-22(38)17(28)10-11-21(29)37/h6-9,17-20,36H,1-5,10-14,27-28H2,(H2,29,37)(H,33,38)(H,34,40)(H,35,39)(H,41,42)(H4,30,31,32). The molecule has 15 N–H and O–H groups in total. The molecular formula is C26H43N9O7. The topological polar surface area (TPSA) is 304 Å². The zero-order valence-electron chi connectivity index (χ0n) is 23.5. The maximum atomic E-state index is 13.4. The van der Waals surface area contributed by atoms with Gasteiger partial charge in [0.1, 0.15) is 23.9 Å². The second-order valence-electron chi connectivity index (χ2n) is 9.74. The van der Waals surface area contributed by atoms with Gasteiger partial charge >= 0.3 is 5.97 Å². The number of unbranched alkanes of at least 4 members (excludes halogenated alkanes) is 1. The average molecular weight is 594 g/mol. The molecule has 1 aromatic rings. The van der Waals surface area contributed by atoms with Crippen LogP contribution in [0.5, 0.6) is 5.75 Å². The van der Waals surface area contributed by atoms with E-state index in [1.54, 1.807) is 12.1 Å². The van der Waals surface area contributed by atoms with Crippen LogP contribution < -0.4 is 44.6 Å². The minimum Gasteiger partial charge on any atom is -0.508 e. The second kappa shape index (κ2) is 18.8. The summed E-state index contributed by atoms with van der Waals surface area (Å²) in [5.74, 6) is -4.28. The molecule has 0 aliphatic heterocycles. The Hall–Kier alpha value is -4.44. The molecular weight excluding hydrogens is 550 g/mol. The molecule has 0 spiro atoms. The van der Waals surface area contributed by atoms with Crippen molar-refractivity contribution in [3.8, 4) is 5.75 Å². The molecule has 0 fully saturated rings. The lowest BCUT2D eigenvalue weighted by Crippen LogP contribution is -2.57. The number of phenols is 1. The van der Waals surface area contributed by atoms with Gasteiger partial charge in [-0.25, -0.2) is 4.79 Å². The summed E-state index contributed by atoms with van der Waals surface area (Å²) in [4.78, 5) is 66.1. The minimum absolute atomic E-state index is 0.00846. The average Bonchev–Trinajstić information content (AvgIpc) is 2.93. The van der Waals surface area contributed by atoms with Gasteiger partial charge in [-0.05, 0) is 62.8 Å². The van der Waals surface area contributed by atoms with Crippen molar-refractivity contribution in [3.05, 3.63) is 29.8 Å². The molecule has 0 bridgehead atoms. The molecule has 0 heterocycles. The van der Waals surface area contributed by atoms with Crippen molar-refractivity contribution in [1.82, 2.24) is 16.0 Å². The van der Waals surface area contributed by atoms with Gasteiger partial charge < -0.3 is 54.8 Å².